The van der Waals surface area contributed by atoms with Gasteiger partial charge in [-0.1, -0.05) is 26.7 Å². The van der Waals surface area contributed by atoms with E-state index in [1.165, 1.54) is 64.6 Å². The maximum absolute atomic E-state index is 3.74. The van der Waals surface area contributed by atoms with Gasteiger partial charge in [0.15, 0.2) is 0 Å². The normalized spacial score (nSPS) is 21.9. The predicted molar refractivity (Wildman–Crippen MR) is 74.3 cm³/mol. The number of nitrogens with one attached hydrogen (secondary N) is 1. The average molecular weight is 238 g/mol. The van der Waals surface area contributed by atoms with E-state index in [0.717, 1.165) is 18.0 Å². The molecule has 0 bridgehead atoms. The SMILES string of the molecule is CC(C)CCN(CCNC1CCCC1)C1CC1. The van der Waals surface area contributed by atoms with Crippen LogP contribution >= 0.6 is 0 Å². The lowest BCUT2D eigenvalue weighted by molar-refractivity contribution is 0.244. The van der Waals surface area contributed by atoms with Crippen LogP contribution in [0.15, 0.2) is 0 Å². The molecule has 17 heavy (non-hydrogen) atoms. The van der Waals surface area contributed by atoms with Crippen LogP contribution < -0.4 is 5.32 Å². The minimum Gasteiger partial charge on any atom is -0.313 e. The summed E-state index contributed by atoms with van der Waals surface area (Å²) < 4.78 is 0. The van der Waals surface area contributed by atoms with Crippen molar-refractivity contribution < 1.29 is 0 Å². The Morgan fingerprint density at radius 2 is 1.76 bits per heavy atom. The molecule has 0 amide bonds. The lowest BCUT2D eigenvalue weighted by Crippen LogP contribution is -2.38. The van der Waals surface area contributed by atoms with Crippen LogP contribution in [0.3, 0.4) is 0 Å². The molecule has 0 heterocycles. The van der Waals surface area contributed by atoms with Gasteiger partial charge in [0.25, 0.3) is 0 Å². The van der Waals surface area contributed by atoms with E-state index in [1.54, 1.807) is 0 Å². The van der Waals surface area contributed by atoms with Gasteiger partial charge in [-0.25, -0.2) is 0 Å². The standard InChI is InChI=1S/C15H30N2/c1-13(2)9-11-17(15-7-8-15)12-10-16-14-5-3-4-6-14/h13-16H,3-12H2,1-2H3. The first-order valence-corrected chi connectivity index (χ1v) is 7.73. The minimum atomic E-state index is 0.834. The lowest BCUT2D eigenvalue weighted by atomic mass is 10.1. The number of rotatable bonds is 8. The topological polar surface area (TPSA) is 15.3 Å². The van der Waals surface area contributed by atoms with E-state index in [0.29, 0.717) is 0 Å². The van der Waals surface area contributed by atoms with Crippen LogP contribution in [-0.4, -0.2) is 36.6 Å². The smallest absolute Gasteiger partial charge is 0.0110 e. The van der Waals surface area contributed by atoms with Gasteiger partial charge in [-0.15, -0.1) is 0 Å². The van der Waals surface area contributed by atoms with Crippen molar-refractivity contribution >= 4 is 0 Å². The van der Waals surface area contributed by atoms with Crippen LogP contribution in [0.2, 0.25) is 0 Å². The molecule has 2 fully saturated rings. The van der Waals surface area contributed by atoms with Crippen molar-refractivity contribution in [1.82, 2.24) is 10.2 Å². The molecular weight excluding hydrogens is 208 g/mol. The molecule has 0 aromatic carbocycles. The third kappa shape index (κ3) is 4.97. The Bertz CT molecular complexity index is 205. The second-order valence-electron chi connectivity index (χ2n) is 6.39. The highest BCUT2D eigenvalue weighted by molar-refractivity contribution is 4.85. The molecule has 0 spiro atoms. The molecule has 2 heteroatoms. The summed E-state index contributed by atoms with van der Waals surface area (Å²) >= 11 is 0. The van der Waals surface area contributed by atoms with Crippen molar-refractivity contribution in [3.63, 3.8) is 0 Å². The molecule has 2 rings (SSSR count). The van der Waals surface area contributed by atoms with E-state index >= 15 is 0 Å². The van der Waals surface area contributed by atoms with Crippen LogP contribution in [0.25, 0.3) is 0 Å². The Balaban J connectivity index is 1.59. The Morgan fingerprint density at radius 1 is 1.06 bits per heavy atom. The van der Waals surface area contributed by atoms with Crippen molar-refractivity contribution in [3.05, 3.63) is 0 Å². The first-order chi connectivity index (χ1) is 8.25. The summed E-state index contributed by atoms with van der Waals surface area (Å²) in [7, 11) is 0. The molecule has 2 saturated carbocycles. The maximum Gasteiger partial charge on any atom is 0.0110 e. The summed E-state index contributed by atoms with van der Waals surface area (Å²) in [5.74, 6) is 0.846. The molecule has 1 N–H and O–H groups in total. The number of hydrogen-bond acceptors (Lipinski definition) is 2. The first kappa shape index (κ1) is 13.4. The molecule has 2 nitrogen and oxygen atoms in total. The van der Waals surface area contributed by atoms with Crippen molar-refractivity contribution in [3.8, 4) is 0 Å². The van der Waals surface area contributed by atoms with E-state index in [9.17, 15) is 0 Å². The van der Waals surface area contributed by atoms with Crippen LogP contribution in [0.1, 0.15) is 58.8 Å². The summed E-state index contributed by atoms with van der Waals surface area (Å²) in [6, 6.07) is 1.76. The van der Waals surface area contributed by atoms with Gasteiger partial charge in [-0.2, -0.15) is 0 Å². The van der Waals surface area contributed by atoms with E-state index < -0.39 is 0 Å². The van der Waals surface area contributed by atoms with Crippen molar-refractivity contribution in [2.75, 3.05) is 19.6 Å². The van der Waals surface area contributed by atoms with E-state index in [1.807, 2.05) is 0 Å². The maximum atomic E-state index is 3.74. The average Bonchev–Trinajstić information content (AvgIpc) is 3.00. The zero-order valence-electron chi connectivity index (χ0n) is 11.8. The summed E-state index contributed by atoms with van der Waals surface area (Å²) in [6.45, 7) is 8.46. The molecule has 2 aliphatic carbocycles. The highest BCUT2D eigenvalue weighted by atomic mass is 15.2. The van der Waals surface area contributed by atoms with E-state index in [-0.39, 0.29) is 0 Å². The highest BCUT2D eigenvalue weighted by Gasteiger charge is 2.28. The van der Waals surface area contributed by atoms with E-state index in [2.05, 4.69) is 24.1 Å². The number of nitrogens with zero attached hydrogens (tertiary/aromatic N) is 1. The molecule has 0 unspecified atom stereocenters. The third-order valence-electron chi connectivity index (χ3n) is 4.24. The molecule has 0 aliphatic heterocycles. The molecule has 0 saturated heterocycles. The second kappa shape index (κ2) is 6.75. The molecule has 0 aromatic heterocycles. The van der Waals surface area contributed by atoms with Gasteiger partial charge >= 0.3 is 0 Å². The van der Waals surface area contributed by atoms with Crippen molar-refractivity contribution in [2.45, 2.75) is 70.9 Å². The van der Waals surface area contributed by atoms with Crippen molar-refractivity contribution in [1.29, 1.82) is 0 Å². The second-order valence-corrected chi connectivity index (χ2v) is 6.39. The first-order valence-electron chi connectivity index (χ1n) is 7.73. The largest absolute Gasteiger partial charge is 0.313 e. The lowest BCUT2D eigenvalue weighted by Gasteiger charge is -2.24. The molecule has 0 aromatic rings. The van der Waals surface area contributed by atoms with Crippen molar-refractivity contribution in [2.24, 2.45) is 5.92 Å². The molecule has 100 valence electrons. The minimum absolute atomic E-state index is 0.834. The zero-order valence-corrected chi connectivity index (χ0v) is 11.8. The van der Waals surface area contributed by atoms with Gasteiger partial charge in [0.2, 0.25) is 0 Å². The fraction of sp³-hybridized carbons (Fsp3) is 1.00. The fourth-order valence-electron chi connectivity index (χ4n) is 2.88. The van der Waals surface area contributed by atoms with Gasteiger partial charge in [-0.05, 0) is 44.6 Å². The summed E-state index contributed by atoms with van der Waals surface area (Å²) in [6.07, 6.45) is 9.96. The molecule has 2 aliphatic rings. The van der Waals surface area contributed by atoms with E-state index in [4.69, 9.17) is 0 Å². The molecule has 0 radical (unpaired) electrons. The Labute approximate surface area is 107 Å². The van der Waals surface area contributed by atoms with Gasteiger partial charge < -0.3 is 5.32 Å². The summed E-state index contributed by atoms with van der Waals surface area (Å²) in [5.41, 5.74) is 0. The monoisotopic (exact) mass is 238 g/mol. The summed E-state index contributed by atoms with van der Waals surface area (Å²) in [5, 5.41) is 3.74. The van der Waals surface area contributed by atoms with Gasteiger partial charge in [0.1, 0.15) is 0 Å². The Morgan fingerprint density at radius 3 is 2.35 bits per heavy atom. The van der Waals surface area contributed by atoms with Crippen LogP contribution in [0, 0.1) is 5.92 Å². The number of hydrogen-bond donors (Lipinski definition) is 1. The van der Waals surface area contributed by atoms with Crippen LogP contribution in [0.5, 0.6) is 0 Å². The van der Waals surface area contributed by atoms with Gasteiger partial charge in [-0.3, -0.25) is 4.90 Å². The quantitative estimate of drug-likeness (QED) is 0.699. The fourth-order valence-corrected chi connectivity index (χ4v) is 2.88. The molecule has 0 atom stereocenters. The van der Waals surface area contributed by atoms with Gasteiger partial charge in [0.05, 0.1) is 0 Å². The Hall–Kier alpha value is -0.0800. The van der Waals surface area contributed by atoms with Crippen LogP contribution in [0.4, 0.5) is 0 Å². The summed E-state index contributed by atoms with van der Waals surface area (Å²) in [4.78, 5) is 2.72. The Kier molecular flexibility index (Phi) is 5.30. The highest BCUT2D eigenvalue weighted by Crippen LogP contribution is 2.27. The molecular formula is C15H30N2. The zero-order chi connectivity index (χ0) is 12.1. The van der Waals surface area contributed by atoms with Crippen LogP contribution in [-0.2, 0) is 0 Å². The van der Waals surface area contributed by atoms with Gasteiger partial charge in [0, 0.05) is 25.2 Å². The third-order valence-corrected chi connectivity index (χ3v) is 4.24. The predicted octanol–water partition coefficient (Wildman–Crippen LogP) is 3.03.